The molecule has 0 unspecified atom stereocenters. The summed E-state index contributed by atoms with van der Waals surface area (Å²) in [6.07, 6.45) is 0. The number of aromatic nitrogens is 1. The normalized spacial score (nSPS) is 10.9. The third kappa shape index (κ3) is 4.92. The molecule has 6 nitrogen and oxygen atoms in total. The molecule has 1 amide bonds. The molecular weight excluding hydrogens is 416 g/mol. The van der Waals surface area contributed by atoms with Crippen molar-refractivity contribution in [2.75, 3.05) is 34.5 Å². The Bertz CT molecular complexity index is 1100. The number of fused-ring (bicyclic) bond motifs is 1. The Morgan fingerprint density at radius 1 is 1.03 bits per heavy atom. The van der Waals surface area contributed by atoms with Crippen molar-refractivity contribution in [2.24, 2.45) is 0 Å². The van der Waals surface area contributed by atoms with Crippen molar-refractivity contribution in [1.29, 1.82) is 0 Å². The molecular formula is C24H27ClN2O4. The fourth-order valence-electron chi connectivity index (χ4n) is 3.43. The van der Waals surface area contributed by atoms with E-state index in [1.807, 2.05) is 26.0 Å². The zero-order valence-corrected chi connectivity index (χ0v) is 19.2. The van der Waals surface area contributed by atoms with Gasteiger partial charge in [0.25, 0.3) is 5.91 Å². The molecule has 0 aliphatic rings. The first kappa shape index (κ1) is 22.8. The van der Waals surface area contributed by atoms with Gasteiger partial charge in [0.15, 0.2) is 11.5 Å². The number of aryl methyl sites for hydroxylation is 2. The van der Waals surface area contributed by atoms with Crippen LogP contribution in [0.25, 0.3) is 10.9 Å². The van der Waals surface area contributed by atoms with E-state index in [1.54, 1.807) is 44.4 Å². The highest BCUT2D eigenvalue weighted by Gasteiger charge is 2.20. The lowest BCUT2D eigenvalue weighted by Crippen LogP contribution is -2.33. The average Bonchev–Trinajstić information content (AvgIpc) is 2.79. The monoisotopic (exact) mass is 442 g/mol. The summed E-state index contributed by atoms with van der Waals surface area (Å²) in [6.45, 7) is 5.20. The van der Waals surface area contributed by atoms with Crippen LogP contribution in [-0.2, 0) is 11.3 Å². The Hall–Kier alpha value is -2.83. The minimum absolute atomic E-state index is 0.158. The molecule has 3 aromatic rings. The summed E-state index contributed by atoms with van der Waals surface area (Å²) in [5.41, 5.74) is 4.41. The van der Waals surface area contributed by atoms with Gasteiger partial charge in [0, 0.05) is 36.7 Å². The third-order valence-corrected chi connectivity index (χ3v) is 5.71. The first-order valence-corrected chi connectivity index (χ1v) is 10.3. The molecule has 0 aliphatic heterocycles. The summed E-state index contributed by atoms with van der Waals surface area (Å²) >= 11 is 6.53. The number of nitrogens with zero attached hydrogens (tertiary/aromatic N) is 2. The molecule has 31 heavy (non-hydrogen) atoms. The number of ether oxygens (including phenoxy) is 3. The average molecular weight is 443 g/mol. The molecule has 164 valence electrons. The van der Waals surface area contributed by atoms with Gasteiger partial charge in [-0.2, -0.15) is 0 Å². The summed E-state index contributed by atoms with van der Waals surface area (Å²) in [6, 6.07) is 11.2. The van der Waals surface area contributed by atoms with Crippen LogP contribution in [0.5, 0.6) is 11.5 Å². The maximum atomic E-state index is 13.3. The van der Waals surface area contributed by atoms with Crippen LogP contribution in [0.1, 0.15) is 27.0 Å². The maximum absolute atomic E-state index is 13.3. The molecule has 1 heterocycles. The zero-order valence-electron chi connectivity index (χ0n) is 18.5. The van der Waals surface area contributed by atoms with Gasteiger partial charge in [-0.25, -0.2) is 4.98 Å². The summed E-state index contributed by atoms with van der Waals surface area (Å²) in [7, 11) is 4.70. The van der Waals surface area contributed by atoms with Crippen molar-refractivity contribution in [2.45, 2.75) is 20.4 Å². The van der Waals surface area contributed by atoms with Crippen molar-refractivity contribution in [1.82, 2.24) is 9.88 Å². The molecule has 0 N–H and O–H groups in total. The number of hydrogen-bond acceptors (Lipinski definition) is 5. The van der Waals surface area contributed by atoms with Crippen LogP contribution in [0.2, 0.25) is 5.15 Å². The Balaban J connectivity index is 1.95. The Morgan fingerprint density at radius 3 is 2.45 bits per heavy atom. The summed E-state index contributed by atoms with van der Waals surface area (Å²) in [4.78, 5) is 19.6. The Morgan fingerprint density at radius 2 is 1.77 bits per heavy atom. The van der Waals surface area contributed by atoms with Crippen molar-refractivity contribution >= 4 is 28.4 Å². The predicted octanol–water partition coefficient (Wildman–Crippen LogP) is 4.81. The molecule has 0 spiro atoms. The van der Waals surface area contributed by atoms with Crippen molar-refractivity contribution in [3.63, 3.8) is 0 Å². The number of carbonyl (C=O) groups is 1. The lowest BCUT2D eigenvalue weighted by Gasteiger charge is -2.24. The molecule has 0 radical (unpaired) electrons. The molecule has 7 heteroatoms. The van der Waals surface area contributed by atoms with Gasteiger partial charge in [-0.3, -0.25) is 4.79 Å². The molecule has 0 saturated carbocycles. The van der Waals surface area contributed by atoms with Crippen LogP contribution in [0.4, 0.5) is 0 Å². The summed E-state index contributed by atoms with van der Waals surface area (Å²) in [5.74, 6) is 0.903. The highest BCUT2D eigenvalue weighted by molar-refractivity contribution is 6.30. The summed E-state index contributed by atoms with van der Waals surface area (Å²) in [5, 5.41) is 1.39. The highest BCUT2D eigenvalue weighted by atomic mass is 35.5. The van der Waals surface area contributed by atoms with Gasteiger partial charge in [0.2, 0.25) is 0 Å². The van der Waals surface area contributed by atoms with Crippen molar-refractivity contribution in [3.8, 4) is 11.5 Å². The number of amides is 1. The fourth-order valence-corrected chi connectivity index (χ4v) is 3.63. The number of hydrogen-bond donors (Lipinski definition) is 0. The van der Waals surface area contributed by atoms with E-state index in [-0.39, 0.29) is 5.91 Å². The number of benzene rings is 2. The van der Waals surface area contributed by atoms with Crippen LogP contribution in [0, 0.1) is 13.8 Å². The van der Waals surface area contributed by atoms with E-state index in [0.29, 0.717) is 41.9 Å². The molecule has 2 aromatic carbocycles. The number of carbonyl (C=O) groups excluding carboxylic acids is 1. The molecule has 3 rings (SSSR count). The van der Waals surface area contributed by atoms with Gasteiger partial charge in [0.05, 0.1) is 26.3 Å². The number of methoxy groups -OCH3 is 3. The second kappa shape index (κ2) is 9.98. The van der Waals surface area contributed by atoms with E-state index >= 15 is 0 Å². The second-order valence-corrected chi connectivity index (χ2v) is 7.66. The van der Waals surface area contributed by atoms with Crippen molar-refractivity contribution in [3.05, 3.63) is 63.8 Å². The minimum Gasteiger partial charge on any atom is -0.493 e. The van der Waals surface area contributed by atoms with Gasteiger partial charge < -0.3 is 19.1 Å². The molecule has 1 aromatic heterocycles. The maximum Gasteiger partial charge on any atom is 0.254 e. The van der Waals surface area contributed by atoms with Crippen LogP contribution in [0.3, 0.4) is 0 Å². The number of rotatable bonds is 8. The van der Waals surface area contributed by atoms with Gasteiger partial charge in [-0.15, -0.1) is 0 Å². The van der Waals surface area contributed by atoms with Crippen LogP contribution >= 0.6 is 11.6 Å². The lowest BCUT2D eigenvalue weighted by molar-refractivity contribution is 0.0680. The van der Waals surface area contributed by atoms with Gasteiger partial charge in [-0.1, -0.05) is 23.7 Å². The predicted molar refractivity (Wildman–Crippen MR) is 122 cm³/mol. The van der Waals surface area contributed by atoms with E-state index in [1.165, 1.54) is 0 Å². The molecule has 0 bridgehead atoms. The highest BCUT2D eigenvalue weighted by Crippen LogP contribution is 2.29. The first-order valence-electron chi connectivity index (χ1n) is 9.95. The van der Waals surface area contributed by atoms with Crippen LogP contribution in [0.15, 0.2) is 36.4 Å². The largest absolute Gasteiger partial charge is 0.493 e. The van der Waals surface area contributed by atoms with E-state index in [2.05, 4.69) is 11.1 Å². The molecule has 0 atom stereocenters. The lowest BCUT2D eigenvalue weighted by atomic mass is 10.0. The number of halogens is 1. The SMILES string of the molecule is COCCN(Cc1cc2ccc(C)c(C)c2nc1Cl)C(=O)c1ccc(OC)c(OC)c1. The van der Waals surface area contributed by atoms with E-state index < -0.39 is 0 Å². The fraction of sp³-hybridized carbons (Fsp3) is 0.333. The summed E-state index contributed by atoms with van der Waals surface area (Å²) < 4.78 is 15.8. The Kier molecular flexibility index (Phi) is 7.36. The molecule has 0 aliphatic carbocycles. The van der Waals surface area contributed by atoms with Crippen LogP contribution in [-0.4, -0.2) is 50.3 Å². The van der Waals surface area contributed by atoms with E-state index in [4.69, 9.17) is 25.8 Å². The Labute approximate surface area is 187 Å². The van der Waals surface area contributed by atoms with Gasteiger partial charge in [0.1, 0.15) is 5.15 Å². The minimum atomic E-state index is -0.158. The zero-order chi connectivity index (χ0) is 22.5. The quantitative estimate of drug-likeness (QED) is 0.468. The van der Waals surface area contributed by atoms with Crippen molar-refractivity contribution < 1.29 is 19.0 Å². The van der Waals surface area contributed by atoms with Crippen LogP contribution < -0.4 is 9.47 Å². The van der Waals surface area contributed by atoms with E-state index in [0.717, 1.165) is 27.6 Å². The third-order valence-electron chi connectivity index (χ3n) is 5.38. The first-order chi connectivity index (χ1) is 14.9. The smallest absolute Gasteiger partial charge is 0.254 e. The second-order valence-electron chi connectivity index (χ2n) is 7.31. The number of pyridine rings is 1. The topological polar surface area (TPSA) is 60.9 Å². The van der Waals surface area contributed by atoms with Gasteiger partial charge in [-0.05, 0) is 49.2 Å². The molecule has 0 fully saturated rings. The molecule has 0 saturated heterocycles. The van der Waals surface area contributed by atoms with Gasteiger partial charge >= 0.3 is 0 Å². The van der Waals surface area contributed by atoms with E-state index in [9.17, 15) is 4.79 Å². The standard InChI is InChI=1S/C24H27ClN2O4/c1-15-6-7-17-12-19(23(25)26-22(17)16(15)2)14-27(10-11-29-3)24(28)18-8-9-20(30-4)21(13-18)31-5/h6-9,12-13H,10-11,14H2,1-5H3.